The van der Waals surface area contributed by atoms with Gasteiger partial charge in [-0.15, -0.1) is 0 Å². The van der Waals surface area contributed by atoms with Crippen molar-refractivity contribution in [3.63, 3.8) is 0 Å². The summed E-state index contributed by atoms with van der Waals surface area (Å²) in [7, 11) is 0. The molecule has 0 radical (unpaired) electrons. The van der Waals surface area contributed by atoms with Crippen molar-refractivity contribution in [2.24, 2.45) is 0 Å². The zero-order chi connectivity index (χ0) is 12.6. The molecule has 94 valence electrons. The van der Waals surface area contributed by atoms with Crippen LogP contribution in [0.25, 0.3) is 0 Å². The van der Waals surface area contributed by atoms with Crippen LogP contribution in [0, 0.1) is 0 Å². The third-order valence-electron chi connectivity index (χ3n) is 2.50. The molecule has 0 bridgehead atoms. The second kappa shape index (κ2) is 6.77. The van der Waals surface area contributed by atoms with E-state index in [2.05, 4.69) is 4.98 Å². The topological polar surface area (TPSA) is 31.4 Å². The minimum absolute atomic E-state index is 0.264. The maximum atomic E-state index is 5.72. The van der Waals surface area contributed by atoms with Crippen LogP contribution in [0.2, 0.25) is 0 Å². The Morgan fingerprint density at radius 2 is 1.83 bits per heavy atom. The van der Waals surface area contributed by atoms with E-state index in [1.165, 1.54) is 0 Å². The summed E-state index contributed by atoms with van der Waals surface area (Å²) < 4.78 is 11.4. The van der Waals surface area contributed by atoms with E-state index >= 15 is 0 Å². The normalized spacial score (nSPS) is 12.1. The van der Waals surface area contributed by atoms with E-state index in [0.717, 1.165) is 12.0 Å². The Hall–Kier alpha value is -1.87. The second-order valence-corrected chi connectivity index (χ2v) is 3.92. The number of hydrogen-bond donors (Lipinski definition) is 0. The molecule has 0 aliphatic heterocycles. The summed E-state index contributed by atoms with van der Waals surface area (Å²) in [5.74, 6) is 0.595. The Kier molecular flexibility index (Phi) is 4.73. The predicted octanol–water partition coefficient (Wildman–Crippen LogP) is 3.41. The van der Waals surface area contributed by atoms with Crippen LogP contribution in [0.1, 0.15) is 18.9 Å². The van der Waals surface area contributed by atoms with Gasteiger partial charge in [-0.1, -0.05) is 43.3 Å². The highest BCUT2D eigenvalue weighted by molar-refractivity contribution is 5.13. The highest BCUT2D eigenvalue weighted by Crippen LogP contribution is 2.11. The molecule has 1 aromatic carbocycles. The third kappa shape index (κ3) is 3.86. The quantitative estimate of drug-likeness (QED) is 0.728. The number of hydrogen-bond acceptors (Lipinski definition) is 3. The van der Waals surface area contributed by atoms with Crippen LogP contribution in [0.4, 0.5) is 0 Å². The van der Waals surface area contributed by atoms with Crippen LogP contribution >= 0.6 is 0 Å². The molecule has 0 saturated carbocycles. The van der Waals surface area contributed by atoms with Gasteiger partial charge in [0.15, 0.2) is 0 Å². The Morgan fingerprint density at radius 3 is 2.50 bits per heavy atom. The van der Waals surface area contributed by atoms with Gasteiger partial charge in [0.2, 0.25) is 12.2 Å². The fourth-order valence-corrected chi connectivity index (χ4v) is 1.55. The van der Waals surface area contributed by atoms with E-state index in [0.29, 0.717) is 12.5 Å². The summed E-state index contributed by atoms with van der Waals surface area (Å²) >= 11 is 0. The van der Waals surface area contributed by atoms with Crippen LogP contribution in [-0.2, 0) is 11.3 Å². The Labute approximate surface area is 107 Å². The van der Waals surface area contributed by atoms with Gasteiger partial charge in [0.1, 0.15) is 0 Å². The third-order valence-corrected chi connectivity index (χ3v) is 2.50. The van der Waals surface area contributed by atoms with Crippen LogP contribution in [-0.4, -0.2) is 11.3 Å². The number of aromatic nitrogens is 1. The van der Waals surface area contributed by atoms with E-state index in [-0.39, 0.29) is 6.29 Å². The largest absolute Gasteiger partial charge is 0.448 e. The molecule has 0 N–H and O–H groups in total. The zero-order valence-electron chi connectivity index (χ0n) is 10.5. The first-order chi connectivity index (χ1) is 8.88. The fraction of sp³-hybridized carbons (Fsp3) is 0.267. The Balaban J connectivity index is 1.86. The molecule has 2 rings (SSSR count). The molecule has 1 aromatic heterocycles. The van der Waals surface area contributed by atoms with Crippen molar-refractivity contribution in [2.75, 3.05) is 0 Å². The lowest BCUT2D eigenvalue weighted by Gasteiger charge is -2.17. The van der Waals surface area contributed by atoms with Crippen molar-refractivity contribution in [2.45, 2.75) is 26.2 Å². The molecule has 0 amide bonds. The summed E-state index contributed by atoms with van der Waals surface area (Å²) in [5, 5.41) is 0. The van der Waals surface area contributed by atoms with Crippen molar-refractivity contribution >= 4 is 0 Å². The van der Waals surface area contributed by atoms with Crippen molar-refractivity contribution in [3.8, 4) is 5.88 Å². The molecule has 0 aliphatic carbocycles. The molecule has 2 aromatic rings. The molecule has 1 unspecified atom stereocenters. The lowest BCUT2D eigenvalue weighted by Crippen LogP contribution is -2.19. The summed E-state index contributed by atoms with van der Waals surface area (Å²) in [6.45, 7) is 2.57. The summed E-state index contributed by atoms with van der Waals surface area (Å²) in [4.78, 5) is 4.12. The molecule has 0 aliphatic rings. The maximum absolute atomic E-state index is 5.72. The van der Waals surface area contributed by atoms with Gasteiger partial charge in [-0.3, -0.25) is 0 Å². The van der Waals surface area contributed by atoms with E-state index in [1.54, 1.807) is 6.20 Å². The van der Waals surface area contributed by atoms with Gasteiger partial charge in [-0.25, -0.2) is 4.98 Å². The van der Waals surface area contributed by atoms with Crippen LogP contribution in [0.3, 0.4) is 0 Å². The fourth-order valence-electron chi connectivity index (χ4n) is 1.55. The molecule has 3 nitrogen and oxygen atoms in total. The summed E-state index contributed by atoms with van der Waals surface area (Å²) in [6.07, 6.45) is 2.22. The number of pyridine rings is 1. The van der Waals surface area contributed by atoms with E-state index in [4.69, 9.17) is 9.47 Å². The van der Waals surface area contributed by atoms with Crippen LogP contribution < -0.4 is 4.74 Å². The minimum atomic E-state index is -0.264. The number of benzene rings is 1. The standard InChI is InChI=1S/C15H17NO2/c1-2-15(18-14-10-6-7-11-16-14)17-12-13-8-4-3-5-9-13/h3-11,15H,2,12H2,1H3. The van der Waals surface area contributed by atoms with E-state index in [9.17, 15) is 0 Å². The molecule has 3 heteroatoms. The first-order valence-corrected chi connectivity index (χ1v) is 6.11. The first-order valence-electron chi connectivity index (χ1n) is 6.11. The van der Waals surface area contributed by atoms with Gasteiger partial charge >= 0.3 is 0 Å². The first kappa shape index (κ1) is 12.6. The molecular weight excluding hydrogens is 226 g/mol. The minimum Gasteiger partial charge on any atom is -0.448 e. The molecule has 18 heavy (non-hydrogen) atoms. The van der Waals surface area contributed by atoms with Crippen LogP contribution in [0.15, 0.2) is 54.7 Å². The number of rotatable bonds is 6. The van der Waals surface area contributed by atoms with Crippen molar-refractivity contribution < 1.29 is 9.47 Å². The Bertz CT molecular complexity index is 445. The van der Waals surface area contributed by atoms with Crippen molar-refractivity contribution in [3.05, 3.63) is 60.3 Å². The Morgan fingerprint density at radius 1 is 1.06 bits per heavy atom. The van der Waals surface area contributed by atoms with Gasteiger partial charge in [0, 0.05) is 18.7 Å². The molecule has 1 heterocycles. The average molecular weight is 243 g/mol. The molecule has 0 fully saturated rings. The van der Waals surface area contributed by atoms with E-state index < -0.39 is 0 Å². The number of ether oxygens (including phenoxy) is 2. The SMILES string of the molecule is CCC(OCc1ccccc1)Oc1ccccn1. The summed E-state index contributed by atoms with van der Waals surface area (Å²) in [5.41, 5.74) is 1.14. The molecule has 0 spiro atoms. The molecule has 1 atom stereocenters. The maximum Gasteiger partial charge on any atom is 0.215 e. The zero-order valence-corrected chi connectivity index (χ0v) is 10.5. The van der Waals surface area contributed by atoms with E-state index in [1.807, 2.05) is 55.5 Å². The van der Waals surface area contributed by atoms with Crippen molar-refractivity contribution in [1.29, 1.82) is 0 Å². The van der Waals surface area contributed by atoms with Gasteiger partial charge in [0.05, 0.1) is 6.61 Å². The monoisotopic (exact) mass is 243 g/mol. The number of nitrogens with zero attached hydrogens (tertiary/aromatic N) is 1. The lowest BCUT2D eigenvalue weighted by atomic mass is 10.2. The predicted molar refractivity (Wildman–Crippen MR) is 70.2 cm³/mol. The second-order valence-electron chi connectivity index (χ2n) is 3.92. The molecule has 0 saturated heterocycles. The highest BCUT2D eigenvalue weighted by atomic mass is 16.7. The molecular formula is C15H17NO2. The lowest BCUT2D eigenvalue weighted by molar-refractivity contribution is -0.0926. The van der Waals surface area contributed by atoms with Gasteiger partial charge in [-0.2, -0.15) is 0 Å². The highest BCUT2D eigenvalue weighted by Gasteiger charge is 2.08. The van der Waals surface area contributed by atoms with Crippen LogP contribution in [0.5, 0.6) is 5.88 Å². The smallest absolute Gasteiger partial charge is 0.215 e. The van der Waals surface area contributed by atoms with Gasteiger partial charge < -0.3 is 9.47 Å². The average Bonchev–Trinajstić information content (AvgIpc) is 2.45. The van der Waals surface area contributed by atoms with Gasteiger partial charge in [-0.05, 0) is 11.6 Å². The van der Waals surface area contributed by atoms with Gasteiger partial charge in [0.25, 0.3) is 0 Å². The van der Waals surface area contributed by atoms with Crippen molar-refractivity contribution in [1.82, 2.24) is 4.98 Å². The summed E-state index contributed by atoms with van der Waals surface area (Å²) in [6, 6.07) is 15.6.